The Morgan fingerprint density at radius 1 is 1.15 bits per heavy atom. The third-order valence-electron chi connectivity index (χ3n) is 3.52. The number of ether oxygens (including phenoxy) is 2. The smallest absolute Gasteiger partial charge is 0.305 e. The van der Waals surface area contributed by atoms with Gasteiger partial charge in [-0.1, -0.05) is 13.8 Å². The Morgan fingerprint density at radius 3 is 2.58 bits per heavy atom. The van der Waals surface area contributed by atoms with Gasteiger partial charge in [-0.2, -0.15) is 4.98 Å². The molecule has 0 fully saturated rings. The van der Waals surface area contributed by atoms with Crippen molar-refractivity contribution in [3.8, 4) is 0 Å². The van der Waals surface area contributed by atoms with Crippen LogP contribution in [-0.2, 0) is 21.0 Å². The standard InChI is InChI=1S/C16H23N5O5/c1-3-5-10(22)13-18-12-14(19-16(17)20-15(12)24)21(13)9-25-7-8-26-11(23)6-4-2/h3-9H2,1-2H3,(H3,17,19,20,24). The van der Waals surface area contributed by atoms with Crippen molar-refractivity contribution in [2.24, 2.45) is 0 Å². The third-order valence-corrected chi connectivity index (χ3v) is 3.52. The van der Waals surface area contributed by atoms with Crippen molar-refractivity contribution in [3.05, 3.63) is 16.2 Å². The molecule has 0 aromatic carbocycles. The molecule has 0 spiro atoms. The van der Waals surface area contributed by atoms with Crippen LogP contribution in [0.5, 0.6) is 0 Å². The number of nitrogens with two attached hydrogens (primary N) is 1. The van der Waals surface area contributed by atoms with Gasteiger partial charge in [-0.05, 0) is 12.8 Å². The van der Waals surface area contributed by atoms with Crippen LogP contribution in [0.3, 0.4) is 0 Å². The van der Waals surface area contributed by atoms with Crippen LogP contribution in [0.15, 0.2) is 4.79 Å². The van der Waals surface area contributed by atoms with E-state index in [-0.39, 0.29) is 61.1 Å². The maximum atomic E-state index is 12.3. The lowest BCUT2D eigenvalue weighted by Gasteiger charge is -2.09. The molecule has 0 saturated heterocycles. The monoisotopic (exact) mass is 365 g/mol. The summed E-state index contributed by atoms with van der Waals surface area (Å²) < 4.78 is 11.9. The first kappa shape index (κ1) is 19.6. The van der Waals surface area contributed by atoms with Crippen molar-refractivity contribution >= 4 is 28.9 Å². The van der Waals surface area contributed by atoms with Crippen molar-refractivity contribution in [1.82, 2.24) is 19.5 Å². The second kappa shape index (κ2) is 9.09. The number of hydrogen-bond acceptors (Lipinski definition) is 8. The van der Waals surface area contributed by atoms with E-state index in [2.05, 4.69) is 15.0 Å². The van der Waals surface area contributed by atoms with Crippen LogP contribution in [0.1, 0.15) is 50.1 Å². The number of imidazole rings is 1. The second-order valence-electron chi connectivity index (χ2n) is 5.67. The molecule has 0 radical (unpaired) electrons. The van der Waals surface area contributed by atoms with Gasteiger partial charge < -0.3 is 15.2 Å². The van der Waals surface area contributed by atoms with E-state index in [1.165, 1.54) is 4.57 Å². The van der Waals surface area contributed by atoms with Crippen LogP contribution in [0.4, 0.5) is 5.95 Å². The molecule has 142 valence electrons. The fourth-order valence-corrected chi connectivity index (χ4v) is 2.35. The fraction of sp³-hybridized carbons (Fsp3) is 0.562. The molecule has 10 heteroatoms. The fourth-order valence-electron chi connectivity index (χ4n) is 2.35. The summed E-state index contributed by atoms with van der Waals surface area (Å²) in [7, 11) is 0. The minimum atomic E-state index is -0.523. The quantitative estimate of drug-likeness (QED) is 0.361. The molecular weight excluding hydrogens is 342 g/mol. The summed E-state index contributed by atoms with van der Waals surface area (Å²) in [5.74, 6) is -0.495. The first-order chi connectivity index (χ1) is 12.5. The highest BCUT2D eigenvalue weighted by molar-refractivity contribution is 5.95. The molecule has 2 aromatic heterocycles. The highest BCUT2D eigenvalue weighted by Crippen LogP contribution is 2.14. The van der Waals surface area contributed by atoms with Gasteiger partial charge in [0, 0.05) is 12.8 Å². The average Bonchev–Trinajstić information content (AvgIpc) is 2.94. The number of nitrogens with zero attached hydrogens (tertiary/aromatic N) is 3. The van der Waals surface area contributed by atoms with Gasteiger partial charge in [-0.3, -0.25) is 23.9 Å². The van der Waals surface area contributed by atoms with Crippen molar-refractivity contribution in [3.63, 3.8) is 0 Å². The topological polar surface area (TPSA) is 142 Å². The van der Waals surface area contributed by atoms with Crippen LogP contribution >= 0.6 is 0 Å². The molecule has 0 saturated carbocycles. The van der Waals surface area contributed by atoms with Gasteiger partial charge in [-0.25, -0.2) is 4.98 Å². The number of hydrogen-bond donors (Lipinski definition) is 2. The highest BCUT2D eigenvalue weighted by Gasteiger charge is 2.20. The number of Topliss-reactive ketones (excluding diaryl/α,β-unsaturated/α-hetero) is 1. The predicted molar refractivity (Wildman–Crippen MR) is 93.6 cm³/mol. The lowest BCUT2D eigenvalue weighted by molar-refractivity contribution is -0.145. The largest absolute Gasteiger partial charge is 0.463 e. The van der Waals surface area contributed by atoms with Crippen LogP contribution in [0, 0.1) is 0 Å². The SMILES string of the molecule is CCCC(=O)OCCOCn1c(C(=O)CCC)nc2c(=O)[nH]c(N)nc21. The van der Waals surface area contributed by atoms with Crippen molar-refractivity contribution in [1.29, 1.82) is 0 Å². The Hall–Kier alpha value is -2.75. The highest BCUT2D eigenvalue weighted by atomic mass is 16.6. The minimum absolute atomic E-state index is 0.0247. The summed E-state index contributed by atoms with van der Waals surface area (Å²) in [6.07, 6.45) is 1.99. The van der Waals surface area contributed by atoms with Gasteiger partial charge in [0.15, 0.2) is 22.8 Å². The van der Waals surface area contributed by atoms with Crippen LogP contribution < -0.4 is 11.3 Å². The molecule has 2 rings (SSSR count). The molecule has 0 amide bonds. The Labute approximate surface area is 149 Å². The van der Waals surface area contributed by atoms with Crippen LogP contribution in [-0.4, -0.2) is 44.5 Å². The van der Waals surface area contributed by atoms with Crippen molar-refractivity contribution < 1.29 is 19.1 Å². The zero-order chi connectivity index (χ0) is 19.1. The van der Waals surface area contributed by atoms with Gasteiger partial charge in [0.25, 0.3) is 5.56 Å². The molecule has 0 aliphatic carbocycles. The third kappa shape index (κ3) is 4.66. The lowest BCUT2D eigenvalue weighted by Crippen LogP contribution is -2.16. The molecule has 26 heavy (non-hydrogen) atoms. The van der Waals surface area contributed by atoms with Gasteiger partial charge in [-0.15, -0.1) is 0 Å². The maximum absolute atomic E-state index is 12.3. The lowest BCUT2D eigenvalue weighted by atomic mass is 10.2. The average molecular weight is 365 g/mol. The number of nitrogens with one attached hydrogen (secondary N) is 1. The number of ketones is 1. The molecular formula is C16H23N5O5. The zero-order valence-electron chi connectivity index (χ0n) is 14.9. The Morgan fingerprint density at radius 2 is 1.88 bits per heavy atom. The summed E-state index contributed by atoms with van der Waals surface area (Å²) in [5.41, 5.74) is 5.26. The molecule has 0 bridgehead atoms. The number of fused-ring (bicyclic) bond motifs is 1. The summed E-state index contributed by atoms with van der Waals surface area (Å²) in [4.78, 5) is 46.1. The van der Waals surface area contributed by atoms with Gasteiger partial charge in [0.2, 0.25) is 5.95 Å². The van der Waals surface area contributed by atoms with E-state index >= 15 is 0 Å². The van der Waals surface area contributed by atoms with Gasteiger partial charge in [0.05, 0.1) is 6.61 Å². The number of aromatic amines is 1. The minimum Gasteiger partial charge on any atom is -0.463 e. The number of carbonyl (C=O) groups is 2. The zero-order valence-corrected chi connectivity index (χ0v) is 14.9. The molecule has 0 atom stereocenters. The van der Waals surface area contributed by atoms with E-state index in [0.717, 1.165) is 0 Å². The maximum Gasteiger partial charge on any atom is 0.305 e. The Balaban J connectivity index is 2.16. The summed E-state index contributed by atoms with van der Waals surface area (Å²) in [6.45, 7) is 3.92. The number of nitrogen functional groups attached to an aromatic ring is 1. The summed E-state index contributed by atoms with van der Waals surface area (Å²) >= 11 is 0. The van der Waals surface area contributed by atoms with Crippen molar-refractivity contribution in [2.75, 3.05) is 18.9 Å². The van der Waals surface area contributed by atoms with E-state index in [1.54, 1.807) is 0 Å². The van der Waals surface area contributed by atoms with E-state index in [9.17, 15) is 14.4 Å². The van der Waals surface area contributed by atoms with E-state index in [0.29, 0.717) is 19.3 Å². The molecule has 10 nitrogen and oxygen atoms in total. The van der Waals surface area contributed by atoms with Gasteiger partial charge >= 0.3 is 5.97 Å². The van der Waals surface area contributed by atoms with Gasteiger partial charge in [0.1, 0.15) is 13.3 Å². The number of rotatable bonds is 10. The normalized spacial score (nSPS) is 11.0. The Kier molecular flexibility index (Phi) is 6.84. The molecule has 0 aliphatic heterocycles. The van der Waals surface area contributed by atoms with Crippen LogP contribution in [0.2, 0.25) is 0 Å². The molecule has 0 aliphatic rings. The number of aromatic nitrogens is 4. The summed E-state index contributed by atoms with van der Waals surface area (Å²) in [5, 5.41) is 0. The molecule has 2 heterocycles. The second-order valence-corrected chi connectivity index (χ2v) is 5.67. The van der Waals surface area contributed by atoms with E-state index < -0.39 is 5.56 Å². The number of carbonyl (C=O) groups excluding carboxylic acids is 2. The predicted octanol–water partition coefficient (Wildman–Crippen LogP) is 1.00. The first-order valence-electron chi connectivity index (χ1n) is 8.50. The molecule has 2 aromatic rings. The number of anilines is 1. The van der Waals surface area contributed by atoms with E-state index in [4.69, 9.17) is 15.2 Å². The Bertz CT molecular complexity index is 841. The first-order valence-corrected chi connectivity index (χ1v) is 8.50. The van der Waals surface area contributed by atoms with Crippen LogP contribution in [0.25, 0.3) is 11.2 Å². The number of esters is 1. The molecule has 0 unspecified atom stereocenters. The summed E-state index contributed by atoms with van der Waals surface area (Å²) in [6, 6.07) is 0. The molecule has 3 N–H and O–H groups in total. The number of H-pyrrole nitrogens is 1. The van der Waals surface area contributed by atoms with Crippen molar-refractivity contribution in [2.45, 2.75) is 46.3 Å². The van der Waals surface area contributed by atoms with E-state index in [1.807, 2.05) is 13.8 Å².